The number of rotatable bonds is 3. The molecule has 0 fully saturated rings. The largest absolute Gasteiger partial charge is 0.469 e. The minimum atomic E-state index is -0.611. The second kappa shape index (κ2) is 5.47. The van der Waals surface area contributed by atoms with E-state index in [9.17, 15) is 9.18 Å². The topological polar surface area (TPSA) is 50.1 Å². The summed E-state index contributed by atoms with van der Waals surface area (Å²) in [6.07, 6.45) is -0.184. The summed E-state index contributed by atoms with van der Waals surface area (Å²) in [5.41, 5.74) is 0.797. The van der Waals surface area contributed by atoms with Gasteiger partial charge in [-0.25, -0.2) is 4.39 Å². The number of methoxy groups -OCH3 is 1. The second-order valence-corrected chi connectivity index (χ2v) is 3.36. The molecular weight excluding hydrogens is 233 g/mol. The maximum absolute atomic E-state index is 13.6. The molecule has 0 atom stereocenters. The molecule has 5 heteroatoms. The van der Waals surface area contributed by atoms with E-state index in [1.54, 1.807) is 0 Å². The van der Waals surface area contributed by atoms with Crippen molar-refractivity contribution in [2.45, 2.75) is 12.3 Å². The van der Waals surface area contributed by atoms with Crippen LogP contribution >= 0.6 is 11.6 Å². The average Bonchev–Trinajstić information content (AvgIpc) is 2.30. The van der Waals surface area contributed by atoms with Gasteiger partial charge in [-0.15, -0.1) is 11.6 Å². The van der Waals surface area contributed by atoms with E-state index in [1.165, 1.54) is 13.2 Å². The van der Waals surface area contributed by atoms with Crippen molar-refractivity contribution < 1.29 is 13.9 Å². The lowest BCUT2D eigenvalue weighted by molar-refractivity contribution is -0.139. The number of carbonyl (C=O) groups excluding carboxylic acids is 1. The number of alkyl halides is 1. The number of carbonyl (C=O) groups is 1. The van der Waals surface area contributed by atoms with Crippen LogP contribution in [-0.4, -0.2) is 13.1 Å². The zero-order chi connectivity index (χ0) is 12.1. The molecule has 0 amide bonds. The van der Waals surface area contributed by atoms with Gasteiger partial charge in [0.1, 0.15) is 5.82 Å². The van der Waals surface area contributed by atoms with Gasteiger partial charge in [0.15, 0.2) is 0 Å². The van der Waals surface area contributed by atoms with Gasteiger partial charge in [-0.3, -0.25) is 4.79 Å². The fraction of sp³-hybridized carbons (Fsp3) is 0.273. The Balaban J connectivity index is 3.17. The molecule has 0 saturated heterocycles. The lowest BCUT2D eigenvalue weighted by Crippen LogP contribution is -2.09. The molecule has 0 aliphatic rings. The third-order valence-electron chi connectivity index (χ3n) is 2.11. The first-order valence-electron chi connectivity index (χ1n) is 4.46. The predicted octanol–water partition coefficient (Wildman–Crippen LogP) is 2.15. The highest BCUT2D eigenvalue weighted by Crippen LogP contribution is 2.19. The van der Waals surface area contributed by atoms with Crippen LogP contribution in [0, 0.1) is 17.1 Å². The van der Waals surface area contributed by atoms with Gasteiger partial charge in [0.25, 0.3) is 0 Å². The molecule has 0 spiro atoms. The molecule has 0 bridgehead atoms. The Morgan fingerprint density at radius 3 is 2.81 bits per heavy atom. The molecule has 0 radical (unpaired) electrons. The van der Waals surface area contributed by atoms with E-state index in [1.807, 2.05) is 6.07 Å². The van der Waals surface area contributed by atoms with Gasteiger partial charge in [0.2, 0.25) is 0 Å². The van der Waals surface area contributed by atoms with E-state index >= 15 is 0 Å². The van der Waals surface area contributed by atoms with E-state index in [-0.39, 0.29) is 23.4 Å². The average molecular weight is 242 g/mol. The van der Waals surface area contributed by atoms with E-state index in [4.69, 9.17) is 16.9 Å². The van der Waals surface area contributed by atoms with Crippen LogP contribution in [-0.2, 0) is 21.8 Å². The predicted molar refractivity (Wildman–Crippen MR) is 56.4 cm³/mol. The van der Waals surface area contributed by atoms with Gasteiger partial charge < -0.3 is 4.74 Å². The Hall–Kier alpha value is -1.60. The van der Waals surface area contributed by atoms with E-state index < -0.39 is 11.8 Å². The third-order valence-corrected chi connectivity index (χ3v) is 2.40. The van der Waals surface area contributed by atoms with Crippen molar-refractivity contribution in [1.29, 1.82) is 5.26 Å². The number of esters is 1. The lowest BCUT2D eigenvalue weighted by atomic mass is 10.0. The summed E-state index contributed by atoms with van der Waals surface area (Å²) in [6, 6.07) is 4.37. The fourth-order valence-corrected chi connectivity index (χ4v) is 1.53. The fourth-order valence-electron chi connectivity index (χ4n) is 1.29. The van der Waals surface area contributed by atoms with Gasteiger partial charge in [-0.05, 0) is 17.7 Å². The molecule has 16 heavy (non-hydrogen) atoms. The highest BCUT2D eigenvalue weighted by atomic mass is 35.5. The molecule has 0 saturated carbocycles. The van der Waals surface area contributed by atoms with E-state index in [0.717, 1.165) is 6.07 Å². The van der Waals surface area contributed by atoms with E-state index in [0.29, 0.717) is 5.56 Å². The van der Waals surface area contributed by atoms with Gasteiger partial charge in [0, 0.05) is 11.4 Å². The van der Waals surface area contributed by atoms with E-state index in [2.05, 4.69) is 4.74 Å². The van der Waals surface area contributed by atoms with Gasteiger partial charge in [0.05, 0.1) is 25.2 Å². The number of benzene rings is 1. The van der Waals surface area contributed by atoms with Gasteiger partial charge in [-0.2, -0.15) is 5.26 Å². The first-order chi connectivity index (χ1) is 7.62. The Morgan fingerprint density at radius 1 is 1.62 bits per heavy atom. The maximum Gasteiger partial charge on any atom is 0.310 e. The molecule has 0 N–H and O–H groups in total. The normalized spacial score (nSPS) is 9.62. The molecule has 0 aliphatic carbocycles. The summed E-state index contributed by atoms with van der Waals surface area (Å²) < 4.78 is 18.0. The SMILES string of the molecule is COC(=O)Cc1c(F)cc(C#N)cc1CCl. The van der Waals surface area contributed by atoms with Crippen molar-refractivity contribution in [3.8, 4) is 6.07 Å². The summed E-state index contributed by atoms with van der Waals surface area (Å²) >= 11 is 5.63. The Kier molecular flexibility index (Phi) is 4.27. The molecule has 1 aromatic rings. The molecule has 3 nitrogen and oxygen atoms in total. The van der Waals surface area contributed by atoms with Crippen LogP contribution in [0.25, 0.3) is 0 Å². The lowest BCUT2D eigenvalue weighted by Gasteiger charge is -2.08. The Labute approximate surface area is 97.4 Å². The minimum absolute atomic E-state index is 0.0404. The molecule has 0 aliphatic heterocycles. The van der Waals surface area contributed by atoms with Crippen LogP contribution in [0.5, 0.6) is 0 Å². The molecule has 0 unspecified atom stereocenters. The summed E-state index contributed by atoms with van der Waals surface area (Å²) in [7, 11) is 1.23. The number of nitrogens with zero attached hydrogens (tertiary/aromatic N) is 1. The monoisotopic (exact) mass is 241 g/mol. The number of hydrogen-bond acceptors (Lipinski definition) is 3. The molecule has 0 aromatic heterocycles. The van der Waals surface area contributed by atoms with Crippen LogP contribution in [0.4, 0.5) is 4.39 Å². The van der Waals surface area contributed by atoms with Crippen molar-refractivity contribution >= 4 is 17.6 Å². The van der Waals surface area contributed by atoms with Crippen molar-refractivity contribution in [3.63, 3.8) is 0 Å². The van der Waals surface area contributed by atoms with Crippen molar-refractivity contribution in [2.75, 3.05) is 7.11 Å². The smallest absolute Gasteiger partial charge is 0.310 e. The third kappa shape index (κ3) is 2.71. The van der Waals surface area contributed by atoms with Crippen LogP contribution in [0.15, 0.2) is 12.1 Å². The van der Waals surface area contributed by atoms with Crippen molar-refractivity contribution in [1.82, 2.24) is 0 Å². The number of nitriles is 1. The van der Waals surface area contributed by atoms with Crippen LogP contribution in [0.3, 0.4) is 0 Å². The minimum Gasteiger partial charge on any atom is -0.469 e. The quantitative estimate of drug-likeness (QED) is 0.602. The van der Waals surface area contributed by atoms with Gasteiger partial charge in [-0.1, -0.05) is 0 Å². The molecular formula is C11H9ClFNO2. The van der Waals surface area contributed by atoms with Gasteiger partial charge >= 0.3 is 5.97 Å². The Bertz CT molecular complexity index is 454. The summed E-state index contributed by atoms with van der Waals surface area (Å²) in [5, 5.41) is 8.65. The second-order valence-electron chi connectivity index (χ2n) is 3.09. The first kappa shape index (κ1) is 12.5. The van der Waals surface area contributed by atoms with Crippen LogP contribution in [0.2, 0.25) is 0 Å². The molecule has 1 rings (SSSR count). The molecule has 1 aromatic carbocycles. The summed E-state index contributed by atoms with van der Waals surface area (Å²) in [5.74, 6) is -1.12. The zero-order valence-electron chi connectivity index (χ0n) is 8.59. The summed E-state index contributed by atoms with van der Waals surface area (Å²) in [4.78, 5) is 11.1. The van der Waals surface area contributed by atoms with Crippen LogP contribution < -0.4 is 0 Å². The molecule has 0 heterocycles. The van der Waals surface area contributed by atoms with Crippen molar-refractivity contribution in [3.05, 3.63) is 34.6 Å². The number of halogens is 2. The standard InChI is InChI=1S/C11H9ClFNO2/c1-16-11(15)4-9-8(5-12)2-7(6-14)3-10(9)13/h2-3H,4-5H2,1H3. The summed E-state index contributed by atoms with van der Waals surface area (Å²) in [6.45, 7) is 0. The molecule has 84 valence electrons. The number of ether oxygens (including phenoxy) is 1. The maximum atomic E-state index is 13.6. The zero-order valence-corrected chi connectivity index (χ0v) is 9.34. The van der Waals surface area contributed by atoms with Crippen molar-refractivity contribution in [2.24, 2.45) is 0 Å². The highest BCUT2D eigenvalue weighted by Gasteiger charge is 2.14. The number of hydrogen-bond donors (Lipinski definition) is 0. The van der Waals surface area contributed by atoms with Crippen LogP contribution in [0.1, 0.15) is 16.7 Å². The Morgan fingerprint density at radius 2 is 2.31 bits per heavy atom. The highest BCUT2D eigenvalue weighted by molar-refractivity contribution is 6.17. The first-order valence-corrected chi connectivity index (χ1v) is 5.00.